The summed E-state index contributed by atoms with van der Waals surface area (Å²) in [7, 11) is 0. The molecule has 4 fully saturated rings. The number of allylic oxidation sites excluding steroid dienone is 1. The molecule has 4 nitrogen and oxygen atoms in total. The van der Waals surface area contributed by atoms with Crippen molar-refractivity contribution in [2.24, 2.45) is 11.3 Å². The van der Waals surface area contributed by atoms with Gasteiger partial charge in [0.1, 0.15) is 16.3 Å². The van der Waals surface area contributed by atoms with Crippen LogP contribution in [0.1, 0.15) is 13.3 Å². The molecule has 4 atom stereocenters. The lowest BCUT2D eigenvalue weighted by molar-refractivity contribution is -0.328. The highest BCUT2D eigenvalue weighted by atomic mass is 79.9. The summed E-state index contributed by atoms with van der Waals surface area (Å²) in [6, 6.07) is 0.0741. The second-order valence-corrected chi connectivity index (χ2v) is 6.05. The van der Waals surface area contributed by atoms with Crippen LogP contribution in [0.25, 0.3) is 0 Å². The molecule has 16 heavy (non-hydrogen) atoms. The predicted octanol–water partition coefficient (Wildman–Crippen LogP) is 1.44. The monoisotopic (exact) mass is 281 g/mol. The van der Waals surface area contributed by atoms with Crippen molar-refractivity contribution < 1.29 is 14.4 Å². The van der Waals surface area contributed by atoms with E-state index in [-0.39, 0.29) is 17.4 Å². The van der Waals surface area contributed by atoms with E-state index in [0.29, 0.717) is 5.92 Å². The summed E-state index contributed by atoms with van der Waals surface area (Å²) >= 11 is 3.50. The molecule has 5 aliphatic heterocycles. The van der Waals surface area contributed by atoms with Gasteiger partial charge in [0, 0.05) is 0 Å². The number of amides is 1. The van der Waals surface area contributed by atoms with E-state index in [1.807, 2.05) is 6.08 Å². The Bertz CT molecular complexity index is 553. The highest BCUT2D eigenvalue weighted by molar-refractivity contribution is 9.12. The Kier molecular flexibility index (Phi) is 0.978. The van der Waals surface area contributed by atoms with Crippen LogP contribution < -0.4 is 0 Å². The van der Waals surface area contributed by atoms with Crippen molar-refractivity contribution in [1.29, 1.82) is 0 Å². The second-order valence-electron chi connectivity index (χ2n) is 5.26. The zero-order valence-corrected chi connectivity index (χ0v) is 10.1. The fraction of sp³-hybridized carbons (Fsp3) is 0.545. The van der Waals surface area contributed by atoms with Crippen LogP contribution in [0.2, 0.25) is 0 Å². The normalized spacial score (nSPS) is 54.2. The molecule has 0 N–H and O–H groups in total. The van der Waals surface area contributed by atoms with Gasteiger partial charge in [-0.3, -0.25) is 9.63 Å². The minimum absolute atomic E-state index is 0.0741. The zero-order valence-electron chi connectivity index (χ0n) is 8.49. The van der Waals surface area contributed by atoms with E-state index in [0.717, 1.165) is 22.4 Å². The van der Waals surface area contributed by atoms with Gasteiger partial charge in [0.25, 0.3) is 5.91 Å². The first-order valence-corrected chi connectivity index (χ1v) is 6.25. The van der Waals surface area contributed by atoms with Gasteiger partial charge in [-0.05, 0) is 34.3 Å². The van der Waals surface area contributed by atoms with Crippen LogP contribution in [-0.2, 0) is 14.4 Å². The maximum atomic E-state index is 12.3. The molecule has 7 aliphatic rings. The van der Waals surface area contributed by atoms with E-state index in [1.54, 1.807) is 0 Å². The van der Waals surface area contributed by atoms with Crippen molar-refractivity contribution in [2.45, 2.75) is 25.0 Å². The van der Waals surface area contributed by atoms with E-state index in [1.165, 1.54) is 5.06 Å². The lowest BCUT2D eigenvalue weighted by Crippen LogP contribution is -2.66. The Morgan fingerprint density at radius 2 is 2.38 bits per heavy atom. The molecule has 2 spiro atoms. The number of ether oxygens (including phenoxy) is 1. The van der Waals surface area contributed by atoms with E-state index in [2.05, 4.69) is 22.9 Å². The predicted molar refractivity (Wildman–Crippen MR) is 55.8 cm³/mol. The topological polar surface area (TPSA) is 38.8 Å². The van der Waals surface area contributed by atoms with Crippen LogP contribution >= 0.6 is 15.9 Å². The number of halogens is 1. The van der Waals surface area contributed by atoms with Gasteiger partial charge in [-0.1, -0.05) is 6.92 Å². The molecule has 7 rings (SSSR count). The third-order valence-corrected chi connectivity index (χ3v) is 5.49. The average Bonchev–Trinajstić information content (AvgIpc) is 2.79. The Labute approximate surface area is 100.0 Å². The molecule has 5 heterocycles. The van der Waals surface area contributed by atoms with E-state index < -0.39 is 5.60 Å². The van der Waals surface area contributed by atoms with Crippen LogP contribution in [0.15, 0.2) is 22.1 Å². The van der Waals surface area contributed by atoms with Gasteiger partial charge in [0.2, 0.25) is 0 Å². The van der Waals surface area contributed by atoms with E-state index in [9.17, 15) is 4.79 Å². The van der Waals surface area contributed by atoms with E-state index in [4.69, 9.17) is 9.57 Å². The lowest BCUT2D eigenvalue weighted by Gasteiger charge is -2.53. The molecule has 82 valence electrons. The van der Waals surface area contributed by atoms with Crippen LogP contribution in [-0.4, -0.2) is 22.6 Å². The van der Waals surface area contributed by atoms with Crippen LogP contribution in [0.3, 0.4) is 0 Å². The van der Waals surface area contributed by atoms with E-state index >= 15 is 0 Å². The highest BCUT2D eigenvalue weighted by Crippen LogP contribution is 2.77. The first kappa shape index (κ1) is 8.31. The van der Waals surface area contributed by atoms with Gasteiger partial charge in [-0.15, -0.1) is 0 Å². The summed E-state index contributed by atoms with van der Waals surface area (Å²) in [5.74, 6) is 2.22. The second kappa shape index (κ2) is 1.88. The molecule has 0 radical (unpaired) electrons. The SMILES string of the molecule is C[C@H]1C[C@@]12C(=O)N1O[C@@]23C2=C(Br)C(=C[C@@H]13)O2. The number of nitrogens with zero attached hydrogens (tertiary/aromatic N) is 1. The molecule has 0 aromatic rings. The summed E-state index contributed by atoms with van der Waals surface area (Å²) in [4.78, 5) is 18.0. The van der Waals surface area contributed by atoms with Gasteiger partial charge in [0.15, 0.2) is 11.4 Å². The van der Waals surface area contributed by atoms with Crippen LogP contribution in [0.5, 0.6) is 0 Å². The number of hydrogen-bond donors (Lipinski definition) is 0. The van der Waals surface area contributed by atoms with Gasteiger partial charge in [-0.25, -0.2) is 5.06 Å². The fourth-order valence-corrected chi connectivity index (χ4v) is 4.40. The third kappa shape index (κ3) is 0.476. The van der Waals surface area contributed by atoms with Crippen molar-refractivity contribution in [3.05, 3.63) is 22.1 Å². The molecule has 0 aromatic carbocycles. The molecule has 1 amide bonds. The van der Waals surface area contributed by atoms with Crippen LogP contribution in [0.4, 0.5) is 0 Å². The quantitative estimate of drug-likeness (QED) is 0.675. The average molecular weight is 282 g/mol. The van der Waals surface area contributed by atoms with Gasteiger partial charge in [-0.2, -0.15) is 0 Å². The minimum Gasteiger partial charge on any atom is -0.456 e. The van der Waals surface area contributed by atoms with Gasteiger partial charge in [0.05, 0.1) is 5.41 Å². The number of hydroxylamine groups is 2. The van der Waals surface area contributed by atoms with Gasteiger partial charge < -0.3 is 4.74 Å². The maximum absolute atomic E-state index is 12.3. The number of carbonyl (C=O) groups excluding carboxylic acids is 1. The van der Waals surface area contributed by atoms with Crippen molar-refractivity contribution in [3.8, 4) is 0 Å². The van der Waals surface area contributed by atoms with Gasteiger partial charge >= 0.3 is 0 Å². The first-order valence-electron chi connectivity index (χ1n) is 5.46. The standard InChI is InChI=1S/C11H8BrNO3/c1-4-3-10(4)9(14)13-6-2-5-7(12)8(15-5)11(6,10)16-13/h2,4,6H,3H2,1H3/t4-,6+,10-,11-/m0/s1. The third-order valence-electron chi connectivity index (χ3n) is 4.74. The summed E-state index contributed by atoms with van der Waals surface area (Å²) in [6.45, 7) is 2.11. The number of hydrogen-bond acceptors (Lipinski definition) is 3. The molecule has 4 bridgehead atoms. The largest absolute Gasteiger partial charge is 0.456 e. The maximum Gasteiger partial charge on any atom is 0.256 e. The molecule has 1 saturated carbocycles. The molecule has 0 aromatic heterocycles. The molecular weight excluding hydrogens is 274 g/mol. The zero-order chi connectivity index (χ0) is 10.9. The summed E-state index contributed by atoms with van der Waals surface area (Å²) < 4.78 is 6.59. The summed E-state index contributed by atoms with van der Waals surface area (Å²) in [5.41, 5.74) is -0.849. The Morgan fingerprint density at radius 3 is 3.00 bits per heavy atom. The smallest absolute Gasteiger partial charge is 0.256 e. The molecule has 2 aliphatic carbocycles. The molecule has 3 saturated heterocycles. The Balaban J connectivity index is 1.82. The summed E-state index contributed by atoms with van der Waals surface area (Å²) in [5, 5.41) is 1.53. The Hall–Kier alpha value is -0.810. The number of carbonyl (C=O) groups is 1. The van der Waals surface area contributed by atoms with Crippen LogP contribution in [0, 0.1) is 11.3 Å². The number of rotatable bonds is 0. The Morgan fingerprint density at radius 1 is 1.62 bits per heavy atom. The van der Waals surface area contributed by atoms with Crippen molar-refractivity contribution in [3.63, 3.8) is 0 Å². The molecule has 0 unspecified atom stereocenters. The fourth-order valence-electron chi connectivity index (χ4n) is 3.81. The summed E-state index contributed by atoms with van der Waals surface area (Å²) in [6.07, 6.45) is 2.91. The highest BCUT2D eigenvalue weighted by Gasteiger charge is 2.90. The first-order chi connectivity index (χ1) is 7.63. The minimum atomic E-state index is -0.510. The lowest BCUT2D eigenvalue weighted by atomic mass is 9.74. The van der Waals surface area contributed by atoms with Crippen molar-refractivity contribution in [2.75, 3.05) is 0 Å². The van der Waals surface area contributed by atoms with Crippen molar-refractivity contribution >= 4 is 21.8 Å². The molecular formula is C11H8BrNO3. The van der Waals surface area contributed by atoms with Crippen molar-refractivity contribution in [1.82, 2.24) is 5.06 Å². The molecule has 5 heteroatoms.